The number of pyridine rings is 1. The molecule has 19 heavy (non-hydrogen) atoms. The first-order valence-corrected chi connectivity index (χ1v) is 5.69. The lowest BCUT2D eigenvalue weighted by atomic mass is 10.0. The molecular weight excluding hydrogens is 242 g/mol. The monoisotopic (exact) mass is 251 g/mol. The molecule has 0 aliphatic carbocycles. The molecule has 0 unspecified atom stereocenters. The molecule has 1 aromatic carbocycles. The summed E-state index contributed by atoms with van der Waals surface area (Å²) < 4.78 is 0. The van der Waals surface area contributed by atoms with E-state index in [1.165, 1.54) is 6.20 Å². The van der Waals surface area contributed by atoms with E-state index in [1.54, 1.807) is 42.6 Å². The van der Waals surface area contributed by atoms with Gasteiger partial charge in [-0.25, -0.2) is 5.10 Å². The first kappa shape index (κ1) is 11.3. The highest BCUT2D eigenvalue weighted by atomic mass is 16.1. The highest BCUT2D eigenvalue weighted by Gasteiger charge is 2.15. The van der Waals surface area contributed by atoms with Crippen LogP contribution in [-0.4, -0.2) is 21.0 Å². The van der Waals surface area contributed by atoms with E-state index in [9.17, 15) is 9.59 Å². The van der Waals surface area contributed by atoms with E-state index in [0.29, 0.717) is 16.3 Å². The number of nitrogens with zero attached hydrogens (tertiary/aromatic N) is 2. The first-order chi connectivity index (χ1) is 9.27. The minimum absolute atomic E-state index is 0.225. The second-order valence-electron chi connectivity index (χ2n) is 4.02. The van der Waals surface area contributed by atoms with Gasteiger partial charge in [-0.3, -0.25) is 14.6 Å². The Bertz CT molecular complexity index is 810. The maximum Gasteiger partial charge on any atom is 0.272 e. The van der Waals surface area contributed by atoms with Crippen molar-refractivity contribution in [3.05, 3.63) is 70.4 Å². The van der Waals surface area contributed by atoms with Gasteiger partial charge in [0.15, 0.2) is 0 Å². The molecule has 0 radical (unpaired) electrons. The first-order valence-electron chi connectivity index (χ1n) is 5.69. The number of nitrogens with one attached hydrogen (secondary N) is 1. The van der Waals surface area contributed by atoms with Crippen LogP contribution < -0.4 is 5.56 Å². The summed E-state index contributed by atoms with van der Waals surface area (Å²) in [4.78, 5) is 27.9. The Hall–Kier alpha value is -2.82. The molecule has 1 N–H and O–H groups in total. The van der Waals surface area contributed by atoms with E-state index >= 15 is 0 Å². The summed E-state index contributed by atoms with van der Waals surface area (Å²) in [5, 5.41) is 7.21. The van der Waals surface area contributed by atoms with Crippen molar-refractivity contribution in [3.8, 4) is 0 Å². The van der Waals surface area contributed by atoms with Crippen LogP contribution in [0.2, 0.25) is 0 Å². The van der Waals surface area contributed by atoms with Gasteiger partial charge in [-0.15, -0.1) is 0 Å². The molecule has 3 rings (SSSR count). The third kappa shape index (κ3) is 1.91. The van der Waals surface area contributed by atoms with Crippen molar-refractivity contribution in [2.24, 2.45) is 0 Å². The summed E-state index contributed by atoms with van der Waals surface area (Å²) in [6.45, 7) is 0. The van der Waals surface area contributed by atoms with Gasteiger partial charge in [0.25, 0.3) is 5.56 Å². The molecule has 2 aromatic heterocycles. The molecule has 0 saturated heterocycles. The predicted molar refractivity (Wildman–Crippen MR) is 70.0 cm³/mol. The number of rotatable bonds is 2. The normalized spacial score (nSPS) is 10.5. The van der Waals surface area contributed by atoms with E-state index < -0.39 is 0 Å². The van der Waals surface area contributed by atoms with Crippen LogP contribution in [-0.2, 0) is 0 Å². The van der Waals surface area contributed by atoms with Gasteiger partial charge in [0.2, 0.25) is 5.78 Å². The molecule has 0 aliphatic heterocycles. The van der Waals surface area contributed by atoms with Crippen molar-refractivity contribution in [3.63, 3.8) is 0 Å². The Kier molecular flexibility index (Phi) is 2.64. The lowest BCUT2D eigenvalue weighted by Crippen LogP contribution is -2.14. The SMILES string of the molecule is O=C(c1cccnc1)c1n[nH]c(=O)c2ccccc12. The van der Waals surface area contributed by atoms with Crippen LogP contribution in [0.4, 0.5) is 0 Å². The topological polar surface area (TPSA) is 75.7 Å². The number of H-pyrrole nitrogens is 1. The molecule has 5 nitrogen and oxygen atoms in total. The Morgan fingerprint density at radius 1 is 1.05 bits per heavy atom. The van der Waals surface area contributed by atoms with Crippen LogP contribution >= 0.6 is 0 Å². The van der Waals surface area contributed by atoms with E-state index in [2.05, 4.69) is 15.2 Å². The molecule has 5 heteroatoms. The zero-order valence-electron chi connectivity index (χ0n) is 9.83. The fourth-order valence-electron chi connectivity index (χ4n) is 1.92. The summed E-state index contributed by atoms with van der Waals surface area (Å²) in [5.41, 5.74) is 0.355. The van der Waals surface area contributed by atoms with E-state index in [4.69, 9.17) is 0 Å². The molecule has 0 saturated carbocycles. The fourth-order valence-corrected chi connectivity index (χ4v) is 1.92. The molecule has 0 atom stereocenters. The van der Waals surface area contributed by atoms with Crippen LogP contribution in [0.1, 0.15) is 16.1 Å². The summed E-state index contributed by atoms with van der Waals surface area (Å²) in [6.07, 6.45) is 3.07. The summed E-state index contributed by atoms with van der Waals surface area (Å²) in [6, 6.07) is 10.2. The van der Waals surface area contributed by atoms with Crippen LogP contribution in [0, 0.1) is 0 Å². The molecule has 92 valence electrons. The molecule has 2 heterocycles. The fraction of sp³-hybridized carbons (Fsp3) is 0. The quantitative estimate of drug-likeness (QED) is 0.701. The highest BCUT2D eigenvalue weighted by Crippen LogP contribution is 2.15. The summed E-state index contributed by atoms with van der Waals surface area (Å²) in [7, 11) is 0. The molecular formula is C14H9N3O2. The zero-order valence-corrected chi connectivity index (χ0v) is 9.83. The van der Waals surface area contributed by atoms with Crippen LogP contribution in [0.5, 0.6) is 0 Å². The number of fused-ring (bicyclic) bond motifs is 1. The van der Waals surface area contributed by atoms with E-state index in [0.717, 1.165) is 0 Å². The van der Waals surface area contributed by atoms with Crippen LogP contribution in [0.25, 0.3) is 10.8 Å². The Morgan fingerprint density at radius 3 is 2.58 bits per heavy atom. The number of hydrogen-bond donors (Lipinski definition) is 1. The molecule has 0 bridgehead atoms. The number of carbonyl (C=O) groups excluding carboxylic acids is 1. The lowest BCUT2D eigenvalue weighted by molar-refractivity contribution is 0.103. The second-order valence-corrected chi connectivity index (χ2v) is 4.02. The van der Waals surface area contributed by atoms with Gasteiger partial charge in [-0.1, -0.05) is 18.2 Å². The van der Waals surface area contributed by atoms with Crippen molar-refractivity contribution in [2.45, 2.75) is 0 Å². The van der Waals surface area contributed by atoms with Crippen molar-refractivity contribution in [1.29, 1.82) is 0 Å². The van der Waals surface area contributed by atoms with Crippen LogP contribution in [0.3, 0.4) is 0 Å². The zero-order chi connectivity index (χ0) is 13.2. The number of ketones is 1. The van der Waals surface area contributed by atoms with E-state index in [-0.39, 0.29) is 17.0 Å². The number of benzene rings is 1. The Labute approximate surface area is 107 Å². The molecule has 3 aromatic rings. The van der Waals surface area contributed by atoms with Gasteiger partial charge >= 0.3 is 0 Å². The second kappa shape index (κ2) is 4.45. The number of hydrogen-bond acceptors (Lipinski definition) is 4. The third-order valence-corrected chi connectivity index (χ3v) is 2.83. The van der Waals surface area contributed by atoms with Gasteiger partial charge in [-0.2, -0.15) is 5.10 Å². The smallest absolute Gasteiger partial charge is 0.272 e. The minimum Gasteiger partial charge on any atom is -0.287 e. The molecule has 0 spiro atoms. The predicted octanol–water partition coefficient (Wildman–Crippen LogP) is 1.55. The van der Waals surface area contributed by atoms with Crippen molar-refractivity contribution in [2.75, 3.05) is 0 Å². The van der Waals surface area contributed by atoms with Crippen molar-refractivity contribution >= 4 is 16.6 Å². The standard InChI is InChI=1S/C14H9N3O2/c18-13(9-4-3-7-15-8-9)12-10-5-1-2-6-11(10)14(19)17-16-12/h1-8H,(H,17,19). The van der Waals surface area contributed by atoms with Crippen molar-refractivity contribution < 1.29 is 4.79 Å². The Morgan fingerprint density at radius 2 is 1.84 bits per heavy atom. The van der Waals surface area contributed by atoms with Crippen LogP contribution in [0.15, 0.2) is 53.6 Å². The molecule has 0 amide bonds. The van der Waals surface area contributed by atoms with Gasteiger partial charge < -0.3 is 0 Å². The highest BCUT2D eigenvalue weighted by molar-refractivity contribution is 6.14. The maximum absolute atomic E-state index is 12.3. The number of carbonyl (C=O) groups is 1. The molecule has 0 aliphatic rings. The van der Waals surface area contributed by atoms with Gasteiger partial charge in [0.05, 0.1) is 5.39 Å². The maximum atomic E-state index is 12.3. The largest absolute Gasteiger partial charge is 0.287 e. The summed E-state index contributed by atoms with van der Waals surface area (Å²) in [5.74, 6) is -0.263. The minimum atomic E-state index is -0.307. The van der Waals surface area contributed by atoms with Gasteiger partial charge in [0, 0.05) is 23.3 Å². The average molecular weight is 251 g/mol. The Balaban J connectivity index is 2.25. The van der Waals surface area contributed by atoms with Gasteiger partial charge in [0.1, 0.15) is 5.69 Å². The lowest BCUT2D eigenvalue weighted by Gasteiger charge is -2.03. The molecule has 0 fully saturated rings. The number of aromatic amines is 1. The van der Waals surface area contributed by atoms with Crippen molar-refractivity contribution in [1.82, 2.24) is 15.2 Å². The van der Waals surface area contributed by atoms with E-state index in [1.807, 2.05) is 0 Å². The average Bonchev–Trinajstić information content (AvgIpc) is 2.48. The summed E-state index contributed by atoms with van der Waals surface area (Å²) >= 11 is 0. The third-order valence-electron chi connectivity index (χ3n) is 2.83. The number of aromatic nitrogens is 3. The van der Waals surface area contributed by atoms with Gasteiger partial charge in [-0.05, 0) is 18.2 Å².